The van der Waals surface area contributed by atoms with Crippen LogP contribution in [0.1, 0.15) is 19.8 Å². The van der Waals surface area contributed by atoms with Crippen LogP contribution in [0.3, 0.4) is 0 Å². The van der Waals surface area contributed by atoms with E-state index in [1.54, 1.807) is 11.8 Å². The van der Waals surface area contributed by atoms with Gasteiger partial charge in [-0.2, -0.15) is 0 Å². The summed E-state index contributed by atoms with van der Waals surface area (Å²) in [6.45, 7) is 4.67. The van der Waals surface area contributed by atoms with Crippen molar-refractivity contribution in [3.05, 3.63) is 0 Å². The van der Waals surface area contributed by atoms with Gasteiger partial charge in [-0.1, -0.05) is 6.92 Å². The van der Waals surface area contributed by atoms with E-state index < -0.39 is 12.0 Å². The van der Waals surface area contributed by atoms with Gasteiger partial charge in [0.15, 0.2) is 0 Å². The first kappa shape index (κ1) is 17.2. The van der Waals surface area contributed by atoms with Gasteiger partial charge in [-0.15, -0.1) is 0 Å². The zero-order chi connectivity index (χ0) is 15.8. The zero-order valence-corrected chi connectivity index (χ0v) is 12.5. The van der Waals surface area contributed by atoms with Crippen molar-refractivity contribution in [3.8, 4) is 0 Å². The van der Waals surface area contributed by atoms with Crippen LogP contribution in [0.5, 0.6) is 0 Å². The molecular weight excluding hydrogens is 278 g/mol. The van der Waals surface area contributed by atoms with Crippen molar-refractivity contribution in [1.29, 1.82) is 0 Å². The molecule has 0 bridgehead atoms. The second kappa shape index (κ2) is 8.46. The summed E-state index contributed by atoms with van der Waals surface area (Å²) >= 11 is 0. The molecule has 0 aromatic heterocycles. The number of methoxy groups -OCH3 is 1. The number of nitrogens with zero attached hydrogens (tertiary/aromatic N) is 2. The van der Waals surface area contributed by atoms with E-state index in [1.807, 2.05) is 0 Å². The van der Waals surface area contributed by atoms with Crippen molar-refractivity contribution in [1.82, 2.24) is 15.1 Å². The number of esters is 1. The fraction of sp³-hybridized carbons (Fsp3) is 0.769. The second-order valence-corrected chi connectivity index (χ2v) is 4.90. The summed E-state index contributed by atoms with van der Waals surface area (Å²) in [5.74, 6) is -1.27. The van der Waals surface area contributed by atoms with Crippen LogP contribution in [-0.2, 0) is 14.3 Å². The third-order valence-corrected chi connectivity index (χ3v) is 3.52. The summed E-state index contributed by atoms with van der Waals surface area (Å²) in [4.78, 5) is 37.6. The van der Waals surface area contributed by atoms with Crippen LogP contribution in [0.4, 0.5) is 4.79 Å². The number of aliphatic carboxylic acids is 1. The molecule has 1 rings (SSSR count). The van der Waals surface area contributed by atoms with Gasteiger partial charge in [-0.3, -0.25) is 9.69 Å². The monoisotopic (exact) mass is 301 g/mol. The van der Waals surface area contributed by atoms with Gasteiger partial charge in [-0.25, -0.2) is 9.59 Å². The lowest BCUT2D eigenvalue weighted by molar-refractivity contribution is -0.141. The molecule has 8 nitrogen and oxygen atoms in total. The Labute approximate surface area is 124 Å². The molecule has 0 aromatic rings. The number of nitrogens with one attached hydrogen (secondary N) is 1. The highest BCUT2D eigenvalue weighted by molar-refractivity contribution is 5.82. The highest BCUT2D eigenvalue weighted by Crippen LogP contribution is 2.04. The average Bonchev–Trinajstić information content (AvgIpc) is 2.50. The summed E-state index contributed by atoms with van der Waals surface area (Å²) in [5.41, 5.74) is 0. The minimum atomic E-state index is -1.03. The van der Waals surface area contributed by atoms with E-state index in [4.69, 9.17) is 5.11 Å². The molecule has 0 spiro atoms. The molecule has 1 fully saturated rings. The van der Waals surface area contributed by atoms with Crippen LogP contribution in [0.25, 0.3) is 0 Å². The number of carbonyl (C=O) groups is 3. The van der Waals surface area contributed by atoms with Gasteiger partial charge in [0, 0.05) is 32.7 Å². The molecule has 8 heteroatoms. The summed E-state index contributed by atoms with van der Waals surface area (Å²) in [6.07, 6.45) is 0.680. The van der Waals surface area contributed by atoms with Gasteiger partial charge < -0.3 is 20.1 Å². The van der Waals surface area contributed by atoms with Crippen LogP contribution in [0, 0.1) is 0 Å². The minimum Gasteiger partial charge on any atom is -0.480 e. The Morgan fingerprint density at radius 2 is 1.86 bits per heavy atom. The lowest BCUT2D eigenvalue weighted by atomic mass is 10.2. The first-order chi connectivity index (χ1) is 9.97. The quantitative estimate of drug-likeness (QED) is 0.656. The average molecular weight is 301 g/mol. The topological polar surface area (TPSA) is 99.2 Å². The van der Waals surface area contributed by atoms with Crippen molar-refractivity contribution in [3.63, 3.8) is 0 Å². The van der Waals surface area contributed by atoms with Gasteiger partial charge in [0.2, 0.25) is 0 Å². The van der Waals surface area contributed by atoms with Gasteiger partial charge >= 0.3 is 18.0 Å². The maximum absolute atomic E-state index is 11.9. The minimum absolute atomic E-state index is 0.248. The number of hydrogen-bond donors (Lipinski definition) is 2. The lowest BCUT2D eigenvalue weighted by Crippen LogP contribution is -2.54. The normalized spacial score (nSPS) is 17.1. The first-order valence-electron chi connectivity index (χ1n) is 7.05. The molecule has 1 unspecified atom stereocenters. The zero-order valence-electron chi connectivity index (χ0n) is 12.5. The number of ether oxygens (including phenoxy) is 1. The van der Waals surface area contributed by atoms with E-state index in [1.165, 1.54) is 7.11 Å². The molecule has 1 saturated heterocycles. The number of amides is 2. The van der Waals surface area contributed by atoms with Crippen LogP contribution in [0.15, 0.2) is 0 Å². The van der Waals surface area contributed by atoms with Crippen molar-refractivity contribution in [2.24, 2.45) is 0 Å². The number of rotatable bonds is 6. The van der Waals surface area contributed by atoms with E-state index in [2.05, 4.69) is 15.0 Å². The Morgan fingerprint density at radius 3 is 2.33 bits per heavy atom. The Kier molecular flexibility index (Phi) is 6.93. The SMILES string of the molecule is CCC(NC(=O)N1CCN(CCC(=O)OC)CC1)C(=O)O. The largest absolute Gasteiger partial charge is 0.480 e. The fourth-order valence-corrected chi connectivity index (χ4v) is 2.10. The predicted octanol–water partition coefficient (Wildman–Crippen LogP) is -0.260. The molecular formula is C13H23N3O5. The maximum atomic E-state index is 11.9. The molecule has 120 valence electrons. The number of piperazine rings is 1. The third kappa shape index (κ3) is 5.58. The fourth-order valence-electron chi connectivity index (χ4n) is 2.10. The summed E-state index contributed by atoms with van der Waals surface area (Å²) in [5, 5.41) is 11.4. The molecule has 2 N–H and O–H groups in total. The van der Waals surface area contributed by atoms with Crippen molar-refractivity contribution >= 4 is 18.0 Å². The van der Waals surface area contributed by atoms with Gasteiger partial charge in [0.1, 0.15) is 6.04 Å². The molecule has 21 heavy (non-hydrogen) atoms. The second-order valence-electron chi connectivity index (χ2n) is 4.90. The summed E-state index contributed by atoms with van der Waals surface area (Å²) in [6, 6.07) is -1.20. The molecule has 0 aliphatic carbocycles. The van der Waals surface area contributed by atoms with Crippen molar-refractivity contribution in [2.45, 2.75) is 25.8 Å². The molecule has 1 atom stereocenters. The van der Waals surface area contributed by atoms with E-state index in [-0.39, 0.29) is 12.0 Å². The number of carbonyl (C=O) groups excluding carboxylic acids is 2. The summed E-state index contributed by atoms with van der Waals surface area (Å²) < 4.78 is 4.58. The summed E-state index contributed by atoms with van der Waals surface area (Å²) in [7, 11) is 1.36. The smallest absolute Gasteiger partial charge is 0.326 e. The first-order valence-corrected chi connectivity index (χ1v) is 7.05. The third-order valence-electron chi connectivity index (χ3n) is 3.52. The molecule has 0 aromatic carbocycles. The van der Waals surface area contributed by atoms with Crippen molar-refractivity contribution in [2.75, 3.05) is 39.8 Å². The van der Waals surface area contributed by atoms with E-state index in [0.717, 1.165) is 0 Å². The number of carboxylic acids is 1. The van der Waals surface area contributed by atoms with Gasteiger partial charge in [0.25, 0.3) is 0 Å². The van der Waals surface area contributed by atoms with Gasteiger partial charge in [0.05, 0.1) is 13.5 Å². The van der Waals surface area contributed by atoms with Crippen LogP contribution < -0.4 is 5.32 Å². The highest BCUT2D eigenvalue weighted by atomic mass is 16.5. The van der Waals surface area contributed by atoms with E-state index in [9.17, 15) is 14.4 Å². The molecule has 2 amide bonds. The van der Waals surface area contributed by atoms with Crippen LogP contribution in [0.2, 0.25) is 0 Å². The molecule has 0 radical (unpaired) electrons. The number of carboxylic acid groups (broad SMARTS) is 1. The predicted molar refractivity (Wildman–Crippen MR) is 74.9 cm³/mol. The van der Waals surface area contributed by atoms with E-state index >= 15 is 0 Å². The maximum Gasteiger partial charge on any atom is 0.326 e. The highest BCUT2D eigenvalue weighted by Gasteiger charge is 2.25. The molecule has 0 saturated carbocycles. The molecule has 1 aliphatic rings. The Morgan fingerprint density at radius 1 is 1.24 bits per heavy atom. The Hall–Kier alpha value is -1.83. The Balaban J connectivity index is 2.33. The standard InChI is InChI=1S/C13H23N3O5/c1-3-10(12(18)19)14-13(20)16-8-6-15(7-9-16)5-4-11(17)21-2/h10H,3-9H2,1-2H3,(H,14,20)(H,18,19). The number of hydrogen-bond acceptors (Lipinski definition) is 5. The Bertz CT molecular complexity index is 380. The van der Waals surface area contributed by atoms with Crippen LogP contribution >= 0.6 is 0 Å². The van der Waals surface area contributed by atoms with Gasteiger partial charge in [-0.05, 0) is 6.42 Å². The lowest BCUT2D eigenvalue weighted by Gasteiger charge is -2.35. The van der Waals surface area contributed by atoms with Crippen molar-refractivity contribution < 1.29 is 24.2 Å². The molecule has 1 heterocycles. The molecule has 1 aliphatic heterocycles. The van der Waals surface area contributed by atoms with Crippen LogP contribution in [-0.4, -0.2) is 78.8 Å². The number of urea groups is 1. The van der Waals surface area contributed by atoms with E-state index in [0.29, 0.717) is 45.6 Å².